The van der Waals surface area contributed by atoms with Crippen LogP contribution in [0.25, 0.3) is 0 Å². The fourth-order valence-corrected chi connectivity index (χ4v) is 1.52. The summed E-state index contributed by atoms with van der Waals surface area (Å²) in [7, 11) is 0. The smallest absolute Gasteiger partial charge is 0.135 e. The maximum atomic E-state index is 5.67. The molecule has 1 nitrogen and oxygen atoms in total. The van der Waals surface area contributed by atoms with E-state index < -0.39 is 0 Å². The lowest BCUT2D eigenvalue weighted by molar-refractivity contribution is 0.352. The molecule has 0 amide bonds. The van der Waals surface area contributed by atoms with Crippen molar-refractivity contribution in [3.8, 4) is 17.6 Å². The number of hydrogen-bond donors (Lipinski definition) is 0. The molecule has 0 aliphatic rings. The zero-order valence-electron chi connectivity index (χ0n) is 11.5. The Kier molecular flexibility index (Phi) is 6.72. The number of rotatable bonds is 6. The first-order chi connectivity index (χ1) is 8.74. The van der Waals surface area contributed by atoms with Crippen molar-refractivity contribution in [3.63, 3.8) is 0 Å². The van der Waals surface area contributed by atoms with E-state index in [-0.39, 0.29) is 0 Å². The Labute approximate surface area is 111 Å². The summed E-state index contributed by atoms with van der Waals surface area (Å²) in [5.74, 6) is 7.25. The lowest BCUT2D eigenvalue weighted by Gasteiger charge is -2.07. The Bertz CT molecular complexity index is 434. The van der Waals surface area contributed by atoms with Gasteiger partial charge in [-0.1, -0.05) is 50.3 Å². The highest BCUT2D eigenvalue weighted by Gasteiger charge is 1.99. The molecule has 1 aromatic rings. The molecule has 0 aromatic heterocycles. The molecule has 0 aliphatic carbocycles. The van der Waals surface area contributed by atoms with E-state index >= 15 is 0 Å². The third-order valence-corrected chi connectivity index (χ3v) is 2.49. The minimum Gasteiger partial charge on any atom is -0.488 e. The summed E-state index contributed by atoms with van der Waals surface area (Å²) in [4.78, 5) is 0. The molecule has 96 valence electrons. The predicted molar refractivity (Wildman–Crippen MR) is 77.8 cm³/mol. The van der Waals surface area contributed by atoms with Crippen LogP contribution in [-0.2, 0) is 0 Å². The maximum Gasteiger partial charge on any atom is 0.135 e. The van der Waals surface area contributed by atoms with Crippen LogP contribution in [0.1, 0.15) is 45.1 Å². The summed E-state index contributed by atoms with van der Waals surface area (Å²) < 4.78 is 5.67. The van der Waals surface area contributed by atoms with Crippen LogP contribution in [0.4, 0.5) is 0 Å². The predicted octanol–water partition coefficient (Wildman–Crippen LogP) is 4.57. The van der Waals surface area contributed by atoms with Gasteiger partial charge in [-0.25, -0.2) is 0 Å². The monoisotopic (exact) mass is 242 g/mol. The summed E-state index contributed by atoms with van der Waals surface area (Å²) in [5.41, 5.74) is 1.98. The van der Waals surface area contributed by atoms with Crippen LogP contribution in [0.15, 0.2) is 36.4 Å². The summed E-state index contributed by atoms with van der Waals surface area (Å²) in [5, 5.41) is 0. The van der Waals surface area contributed by atoms with Gasteiger partial charge in [-0.2, -0.15) is 0 Å². The van der Waals surface area contributed by atoms with Gasteiger partial charge in [0.15, 0.2) is 0 Å². The average Bonchev–Trinajstić information content (AvgIpc) is 2.37. The maximum absolute atomic E-state index is 5.67. The minimum absolute atomic E-state index is 0.550. The molecule has 1 heteroatoms. The molecule has 0 unspecified atom stereocenters. The van der Waals surface area contributed by atoms with E-state index in [0.29, 0.717) is 6.61 Å². The Morgan fingerprint density at radius 2 is 2.06 bits per heavy atom. The van der Waals surface area contributed by atoms with Gasteiger partial charge in [-0.05, 0) is 31.1 Å². The number of para-hydroxylation sites is 1. The Morgan fingerprint density at radius 1 is 1.28 bits per heavy atom. The fourth-order valence-electron chi connectivity index (χ4n) is 1.52. The van der Waals surface area contributed by atoms with Crippen LogP contribution in [0.2, 0.25) is 0 Å². The molecule has 1 rings (SSSR count). The Morgan fingerprint density at radius 3 is 2.78 bits per heavy atom. The lowest BCUT2D eigenvalue weighted by atomic mass is 10.1. The molecule has 0 fully saturated rings. The van der Waals surface area contributed by atoms with Crippen molar-refractivity contribution in [3.05, 3.63) is 42.0 Å². The van der Waals surface area contributed by atoms with Gasteiger partial charge in [0.25, 0.3) is 0 Å². The van der Waals surface area contributed by atoms with Crippen LogP contribution in [0, 0.1) is 11.8 Å². The van der Waals surface area contributed by atoms with Crippen molar-refractivity contribution in [1.29, 1.82) is 0 Å². The fraction of sp³-hybridized carbons (Fsp3) is 0.412. The van der Waals surface area contributed by atoms with Crippen molar-refractivity contribution < 1.29 is 4.74 Å². The number of benzene rings is 1. The Balaban J connectivity index is 2.60. The normalized spacial score (nSPS) is 9.44. The van der Waals surface area contributed by atoms with Gasteiger partial charge in [-0.3, -0.25) is 0 Å². The summed E-state index contributed by atoms with van der Waals surface area (Å²) in [6, 6.07) is 7.92. The van der Waals surface area contributed by atoms with Gasteiger partial charge in [0.05, 0.1) is 5.56 Å². The van der Waals surface area contributed by atoms with E-state index in [2.05, 4.69) is 25.3 Å². The van der Waals surface area contributed by atoms with Crippen LogP contribution < -0.4 is 4.74 Å². The number of hydrogen-bond acceptors (Lipinski definition) is 1. The second-order valence-corrected chi connectivity index (χ2v) is 4.50. The van der Waals surface area contributed by atoms with Gasteiger partial charge >= 0.3 is 0 Å². The SMILES string of the molecule is C=C(C)COc1ccccc1C#CCCCCC. The van der Waals surface area contributed by atoms with E-state index in [1.807, 2.05) is 31.2 Å². The number of ether oxygens (including phenoxy) is 1. The topological polar surface area (TPSA) is 9.23 Å². The van der Waals surface area contributed by atoms with Gasteiger partial charge in [-0.15, -0.1) is 0 Å². The van der Waals surface area contributed by atoms with E-state index in [1.165, 1.54) is 19.3 Å². The molecule has 0 aliphatic heterocycles. The van der Waals surface area contributed by atoms with E-state index in [9.17, 15) is 0 Å². The highest BCUT2D eigenvalue weighted by atomic mass is 16.5. The van der Waals surface area contributed by atoms with Gasteiger partial charge in [0, 0.05) is 6.42 Å². The lowest BCUT2D eigenvalue weighted by Crippen LogP contribution is -1.99. The van der Waals surface area contributed by atoms with Gasteiger partial charge in [0.1, 0.15) is 12.4 Å². The highest BCUT2D eigenvalue weighted by molar-refractivity contribution is 5.45. The number of unbranched alkanes of at least 4 members (excludes halogenated alkanes) is 3. The van der Waals surface area contributed by atoms with Crippen LogP contribution in [-0.4, -0.2) is 6.61 Å². The summed E-state index contributed by atoms with van der Waals surface area (Å²) in [6.07, 6.45) is 4.63. The Hall–Kier alpha value is -1.68. The van der Waals surface area contributed by atoms with Crippen molar-refractivity contribution >= 4 is 0 Å². The van der Waals surface area contributed by atoms with Crippen molar-refractivity contribution in [2.45, 2.75) is 39.5 Å². The second-order valence-electron chi connectivity index (χ2n) is 4.50. The van der Waals surface area contributed by atoms with E-state index in [1.54, 1.807) is 0 Å². The highest BCUT2D eigenvalue weighted by Crippen LogP contribution is 2.17. The van der Waals surface area contributed by atoms with Gasteiger partial charge < -0.3 is 4.74 Å². The molecule has 0 spiro atoms. The molecule has 0 saturated carbocycles. The summed E-state index contributed by atoms with van der Waals surface area (Å²) >= 11 is 0. The molecule has 0 heterocycles. The molecular formula is C17H22O. The molecule has 0 N–H and O–H groups in total. The van der Waals surface area contributed by atoms with Crippen LogP contribution in [0.3, 0.4) is 0 Å². The average molecular weight is 242 g/mol. The first-order valence-corrected chi connectivity index (χ1v) is 6.59. The third kappa shape index (κ3) is 5.59. The third-order valence-electron chi connectivity index (χ3n) is 2.49. The molecule has 0 radical (unpaired) electrons. The minimum atomic E-state index is 0.550. The van der Waals surface area contributed by atoms with Crippen LogP contribution in [0.5, 0.6) is 5.75 Å². The largest absolute Gasteiger partial charge is 0.488 e. The molecule has 18 heavy (non-hydrogen) atoms. The second kappa shape index (κ2) is 8.42. The van der Waals surface area contributed by atoms with Crippen molar-refractivity contribution in [1.82, 2.24) is 0 Å². The molecular weight excluding hydrogens is 220 g/mol. The van der Waals surface area contributed by atoms with E-state index in [0.717, 1.165) is 23.3 Å². The standard InChI is InChI=1S/C17H22O/c1-4-5-6-7-8-11-16-12-9-10-13-17(16)18-14-15(2)3/h9-10,12-13H,2,4-7,14H2,1,3H3. The first-order valence-electron chi connectivity index (χ1n) is 6.59. The van der Waals surface area contributed by atoms with E-state index in [4.69, 9.17) is 4.74 Å². The van der Waals surface area contributed by atoms with Crippen molar-refractivity contribution in [2.75, 3.05) is 6.61 Å². The van der Waals surface area contributed by atoms with Gasteiger partial charge in [0.2, 0.25) is 0 Å². The zero-order chi connectivity index (χ0) is 13.2. The molecule has 1 aromatic carbocycles. The summed E-state index contributed by atoms with van der Waals surface area (Å²) in [6.45, 7) is 8.54. The van der Waals surface area contributed by atoms with Crippen molar-refractivity contribution in [2.24, 2.45) is 0 Å². The molecule has 0 saturated heterocycles. The van der Waals surface area contributed by atoms with Crippen LogP contribution >= 0.6 is 0 Å². The molecule has 0 bridgehead atoms. The first kappa shape index (κ1) is 14.4. The molecule has 0 atom stereocenters. The zero-order valence-corrected chi connectivity index (χ0v) is 11.5. The quantitative estimate of drug-likeness (QED) is 0.403.